The summed E-state index contributed by atoms with van der Waals surface area (Å²) < 4.78 is 1.30. The van der Waals surface area contributed by atoms with E-state index in [1.807, 2.05) is 28.0 Å². The Labute approximate surface area is 170 Å². The van der Waals surface area contributed by atoms with Crippen LogP contribution >= 0.6 is 0 Å². The molecule has 0 unspecified atom stereocenters. The van der Waals surface area contributed by atoms with Crippen LogP contribution in [-0.4, -0.2) is 57.6 Å². The Morgan fingerprint density at radius 3 is 2.31 bits per heavy atom. The van der Waals surface area contributed by atoms with Gasteiger partial charge in [0.25, 0.3) is 5.56 Å². The molecule has 4 rings (SSSR count). The molecule has 2 aliphatic heterocycles. The van der Waals surface area contributed by atoms with Crippen molar-refractivity contribution >= 4 is 22.6 Å². The van der Waals surface area contributed by atoms with Crippen molar-refractivity contribution in [3.63, 3.8) is 0 Å². The third-order valence-electron chi connectivity index (χ3n) is 6.22. The minimum atomic E-state index is -0.158. The number of hydrogen-bond donors (Lipinski definition) is 0. The maximum absolute atomic E-state index is 12.9. The van der Waals surface area contributed by atoms with E-state index in [9.17, 15) is 14.4 Å². The molecule has 154 valence electrons. The normalized spacial score (nSPS) is 18.2. The van der Waals surface area contributed by atoms with Gasteiger partial charge in [-0.15, -0.1) is 0 Å². The predicted molar refractivity (Wildman–Crippen MR) is 110 cm³/mol. The summed E-state index contributed by atoms with van der Waals surface area (Å²) in [6.07, 6.45) is 5.03. The van der Waals surface area contributed by atoms with E-state index >= 15 is 0 Å². The standard InChI is InChI=1S/C22H28N4O3/c1-24-22(29)18-8-4-3-7-17(18)19(23-24)15-20(27)25-13-9-16(10-14-25)21(28)26-11-5-2-6-12-26/h3-4,7-8,16H,2,5-6,9-15H2,1H3. The van der Waals surface area contributed by atoms with Gasteiger partial charge >= 0.3 is 0 Å². The van der Waals surface area contributed by atoms with Gasteiger partial charge in [-0.25, -0.2) is 4.68 Å². The molecule has 2 fully saturated rings. The molecule has 0 bridgehead atoms. The lowest BCUT2D eigenvalue weighted by Gasteiger charge is -2.35. The highest BCUT2D eigenvalue weighted by Gasteiger charge is 2.31. The van der Waals surface area contributed by atoms with Gasteiger partial charge in [-0.3, -0.25) is 14.4 Å². The number of aromatic nitrogens is 2. The Hall–Kier alpha value is -2.70. The predicted octanol–water partition coefficient (Wildman–Crippen LogP) is 1.73. The number of piperidine rings is 2. The van der Waals surface area contributed by atoms with E-state index in [1.165, 1.54) is 11.1 Å². The summed E-state index contributed by atoms with van der Waals surface area (Å²) in [7, 11) is 1.61. The first-order valence-electron chi connectivity index (χ1n) is 10.6. The van der Waals surface area contributed by atoms with Gasteiger partial charge in [0.05, 0.1) is 17.5 Å². The van der Waals surface area contributed by atoms with Gasteiger partial charge in [0.1, 0.15) is 0 Å². The molecule has 3 heterocycles. The van der Waals surface area contributed by atoms with Crippen LogP contribution in [0.1, 0.15) is 37.8 Å². The van der Waals surface area contributed by atoms with Crippen molar-refractivity contribution in [1.29, 1.82) is 0 Å². The average Bonchev–Trinajstić information content (AvgIpc) is 2.77. The number of carbonyl (C=O) groups excluding carboxylic acids is 2. The van der Waals surface area contributed by atoms with E-state index in [0.29, 0.717) is 24.2 Å². The van der Waals surface area contributed by atoms with Crippen LogP contribution in [0.15, 0.2) is 29.1 Å². The number of rotatable bonds is 3. The maximum Gasteiger partial charge on any atom is 0.274 e. The zero-order valence-electron chi connectivity index (χ0n) is 17.0. The van der Waals surface area contributed by atoms with E-state index < -0.39 is 0 Å². The Kier molecular flexibility index (Phi) is 5.65. The number of benzene rings is 1. The molecule has 0 spiro atoms. The lowest BCUT2D eigenvalue weighted by molar-refractivity contribution is -0.141. The highest BCUT2D eigenvalue weighted by Crippen LogP contribution is 2.23. The molecule has 2 amide bonds. The molecule has 0 saturated carbocycles. The number of hydrogen-bond acceptors (Lipinski definition) is 4. The minimum absolute atomic E-state index is 0.00479. The smallest absolute Gasteiger partial charge is 0.274 e. The molecule has 29 heavy (non-hydrogen) atoms. The zero-order chi connectivity index (χ0) is 20.4. The topological polar surface area (TPSA) is 75.5 Å². The first-order chi connectivity index (χ1) is 14.0. The van der Waals surface area contributed by atoms with E-state index in [0.717, 1.165) is 44.2 Å². The molecule has 2 saturated heterocycles. The summed E-state index contributed by atoms with van der Waals surface area (Å²) in [5, 5.41) is 5.65. The number of carbonyl (C=O) groups is 2. The van der Waals surface area contributed by atoms with Gasteiger partial charge in [-0.2, -0.15) is 5.10 Å². The van der Waals surface area contributed by atoms with Crippen LogP contribution in [0.4, 0.5) is 0 Å². The summed E-state index contributed by atoms with van der Waals surface area (Å²) in [5.41, 5.74) is 0.466. The van der Waals surface area contributed by atoms with Crippen molar-refractivity contribution in [3.8, 4) is 0 Å². The average molecular weight is 396 g/mol. The number of amides is 2. The monoisotopic (exact) mass is 396 g/mol. The number of likely N-dealkylation sites (tertiary alicyclic amines) is 2. The molecule has 0 radical (unpaired) electrons. The van der Waals surface area contributed by atoms with Crippen LogP contribution in [0.3, 0.4) is 0 Å². The molecular weight excluding hydrogens is 368 g/mol. The van der Waals surface area contributed by atoms with Gasteiger partial charge in [0.2, 0.25) is 11.8 Å². The van der Waals surface area contributed by atoms with Crippen molar-refractivity contribution in [3.05, 3.63) is 40.3 Å². The third kappa shape index (κ3) is 4.04. The molecule has 2 aromatic rings. The first-order valence-corrected chi connectivity index (χ1v) is 10.6. The molecule has 2 aliphatic rings. The van der Waals surface area contributed by atoms with Gasteiger partial charge in [0, 0.05) is 44.5 Å². The van der Waals surface area contributed by atoms with E-state index in [1.54, 1.807) is 13.1 Å². The Balaban J connectivity index is 1.41. The molecule has 0 atom stereocenters. The van der Waals surface area contributed by atoms with Gasteiger partial charge < -0.3 is 9.80 Å². The van der Waals surface area contributed by atoms with Crippen LogP contribution in [0, 0.1) is 5.92 Å². The lowest BCUT2D eigenvalue weighted by Crippen LogP contribution is -2.46. The van der Waals surface area contributed by atoms with Crippen LogP contribution in [0.5, 0.6) is 0 Å². The van der Waals surface area contributed by atoms with Crippen molar-refractivity contribution < 1.29 is 9.59 Å². The number of aryl methyl sites for hydroxylation is 1. The molecule has 0 N–H and O–H groups in total. The summed E-state index contributed by atoms with van der Waals surface area (Å²) in [5.74, 6) is 0.307. The molecule has 1 aromatic carbocycles. The lowest BCUT2D eigenvalue weighted by atomic mass is 9.94. The summed E-state index contributed by atoms with van der Waals surface area (Å²) in [6, 6.07) is 7.29. The Bertz CT molecular complexity index is 970. The summed E-state index contributed by atoms with van der Waals surface area (Å²) in [6.45, 7) is 2.96. The molecule has 1 aromatic heterocycles. The molecule has 7 nitrogen and oxygen atoms in total. The minimum Gasteiger partial charge on any atom is -0.342 e. The second-order valence-electron chi connectivity index (χ2n) is 8.14. The van der Waals surface area contributed by atoms with Crippen molar-refractivity contribution in [2.24, 2.45) is 13.0 Å². The first kappa shape index (κ1) is 19.6. The number of nitrogens with zero attached hydrogens (tertiary/aromatic N) is 4. The molecule has 0 aliphatic carbocycles. The van der Waals surface area contributed by atoms with E-state index in [2.05, 4.69) is 5.10 Å². The van der Waals surface area contributed by atoms with Crippen LogP contribution in [0.2, 0.25) is 0 Å². The molecule has 7 heteroatoms. The number of fused-ring (bicyclic) bond motifs is 1. The summed E-state index contributed by atoms with van der Waals surface area (Å²) in [4.78, 5) is 41.7. The van der Waals surface area contributed by atoms with Gasteiger partial charge in [0.15, 0.2) is 0 Å². The van der Waals surface area contributed by atoms with Gasteiger partial charge in [-0.05, 0) is 38.2 Å². The fraction of sp³-hybridized carbons (Fsp3) is 0.545. The van der Waals surface area contributed by atoms with Crippen molar-refractivity contribution in [2.45, 2.75) is 38.5 Å². The van der Waals surface area contributed by atoms with Crippen LogP contribution in [0.25, 0.3) is 10.8 Å². The SMILES string of the molecule is Cn1nc(CC(=O)N2CCC(C(=O)N3CCCCC3)CC2)c2ccccc2c1=O. The maximum atomic E-state index is 12.9. The second kappa shape index (κ2) is 8.35. The van der Waals surface area contributed by atoms with E-state index in [4.69, 9.17) is 0 Å². The quantitative estimate of drug-likeness (QED) is 0.792. The fourth-order valence-electron chi connectivity index (χ4n) is 4.51. The zero-order valence-corrected chi connectivity index (χ0v) is 17.0. The molecular formula is C22H28N4O3. The highest BCUT2D eigenvalue weighted by molar-refractivity contribution is 5.88. The van der Waals surface area contributed by atoms with Gasteiger partial charge in [-0.1, -0.05) is 18.2 Å². The third-order valence-corrected chi connectivity index (χ3v) is 6.22. The van der Waals surface area contributed by atoms with Crippen molar-refractivity contribution in [1.82, 2.24) is 19.6 Å². The largest absolute Gasteiger partial charge is 0.342 e. The van der Waals surface area contributed by atoms with Crippen LogP contribution in [-0.2, 0) is 23.1 Å². The summed E-state index contributed by atoms with van der Waals surface area (Å²) >= 11 is 0. The second-order valence-corrected chi connectivity index (χ2v) is 8.14. The van der Waals surface area contributed by atoms with Crippen LogP contribution < -0.4 is 5.56 Å². The fourth-order valence-corrected chi connectivity index (χ4v) is 4.51. The highest BCUT2D eigenvalue weighted by atomic mass is 16.2. The Morgan fingerprint density at radius 2 is 1.62 bits per heavy atom. The van der Waals surface area contributed by atoms with E-state index in [-0.39, 0.29) is 29.7 Å². The van der Waals surface area contributed by atoms with Crippen molar-refractivity contribution in [2.75, 3.05) is 26.2 Å². The Morgan fingerprint density at radius 1 is 0.966 bits per heavy atom.